The van der Waals surface area contributed by atoms with Gasteiger partial charge in [0.25, 0.3) is 0 Å². The largest absolute Gasteiger partial charge is 0.205 e. The van der Waals surface area contributed by atoms with Gasteiger partial charge in [-0.3, -0.25) is 0 Å². The Bertz CT molecular complexity index is 974. The zero-order valence-electron chi connectivity index (χ0n) is 18.3. The van der Waals surface area contributed by atoms with Gasteiger partial charge in [0, 0.05) is 5.56 Å². The van der Waals surface area contributed by atoms with Crippen molar-refractivity contribution in [1.82, 2.24) is 0 Å². The van der Waals surface area contributed by atoms with Crippen LogP contribution in [0.4, 0.5) is 13.2 Å². The minimum absolute atomic E-state index is 0.241. The summed E-state index contributed by atoms with van der Waals surface area (Å²) in [4.78, 5) is 0. The summed E-state index contributed by atoms with van der Waals surface area (Å²) >= 11 is 0. The minimum atomic E-state index is -0.942. The Balaban J connectivity index is 1.42. The van der Waals surface area contributed by atoms with Crippen LogP contribution >= 0.6 is 0 Å². The highest BCUT2D eigenvalue weighted by Gasteiger charge is 2.31. The monoisotopic (exact) mass is 424 g/mol. The van der Waals surface area contributed by atoms with Crippen molar-refractivity contribution in [3.8, 4) is 11.8 Å². The van der Waals surface area contributed by atoms with Gasteiger partial charge in [-0.1, -0.05) is 56.9 Å². The van der Waals surface area contributed by atoms with Crippen molar-refractivity contribution < 1.29 is 13.2 Å². The molecule has 1 atom stereocenters. The summed E-state index contributed by atoms with van der Waals surface area (Å²) in [7, 11) is 0. The maximum absolute atomic E-state index is 15.1. The van der Waals surface area contributed by atoms with Gasteiger partial charge in [0.2, 0.25) is 0 Å². The summed E-state index contributed by atoms with van der Waals surface area (Å²) in [5.41, 5.74) is 2.59. The fraction of sp³-hybridized carbons (Fsp3) is 0.500. The first-order chi connectivity index (χ1) is 15.0. The van der Waals surface area contributed by atoms with Crippen molar-refractivity contribution in [2.24, 2.45) is 17.8 Å². The lowest BCUT2D eigenvalue weighted by Crippen LogP contribution is -2.27. The smallest absolute Gasteiger partial charge is 0.160 e. The van der Waals surface area contributed by atoms with E-state index in [0.29, 0.717) is 17.0 Å². The number of benzene rings is 2. The quantitative estimate of drug-likeness (QED) is 0.443. The maximum Gasteiger partial charge on any atom is 0.160 e. The third-order valence-electron chi connectivity index (χ3n) is 7.37. The predicted molar refractivity (Wildman–Crippen MR) is 119 cm³/mol. The van der Waals surface area contributed by atoms with Gasteiger partial charge >= 0.3 is 0 Å². The first-order valence-electron chi connectivity index (χ1n) is 11.8. The lowest BCUT2D eigenvalue weighted by Gasteiger charge is -2.36. The van der Waals surface area contributed by atoms with Gasteiger partial charge in [-0.15, -0.1) is 0 Å². The molecular formula is C28H31F3. The average molecular weight is 425 g/mol. The number of fused-ring (bicyclic) bond motifs is 1. The van der Waals surface area contributed by atoms with Crippen molar-refractivity contribution in [1.29, 1.82) is 0 Å². The first-order valence-corrected chi connectivity index (χ1v) is 11.8. The molecule has 2 aromatic carbocycles. The van der Waals surface area contributed by atoms with Crippen LogP contribution in [0.2, 0.25) is 0 Å². The van der Waals surface area contributed by atoms with Crippen LogP contribution in [0.3, 0.4) is 0 Å². The number of halogens is 3. The van der Waals surface area contributed by atoms with Gasteiger partial charge in [-0.25, -0.2) is 13.2 Å². The van der Waals surface area contributed by atoms with Crippen LogP contribution in [0.15, 0.2) is 30.3 Å². The molecule has 0 bridgehead atoms. The number of rotatable bonds is 4. The molecule has 2 aliphatic carbocycles. The summed E-state index contributed by atoms with van der Waals surface area (Å²) < 4.78 is 41.5. The van der Waals surface area contributed by atoms with E-state index in [0.717, 1.165) is 54.4 Å². The van der Waals surface area contributed by atoms with E-state index in [4.69, 9.17) is 0 Å². The van der Waals surface area contributed by atoms with Gasteiger partial charge in [0.05, 0.1) is 5.56 Å². The Morgan fingerprint density at radius 3 is 2.42 bits per heavy atom. The molecule has 0 aromatic heterocycles. The van der Waals surface area contributed by atoms with E-state index in [-0.39, 0.29) is 5.82 Å². The highest BCUT2D eigenvalue weighted by molar-refractivity contribution is 5.47. The highest BCUT2D eigenvalue weighted by atomic mass is 19.2. The number of unbranched alkanes of at least 4 members (excludes halogenated alkanes) is 1. The van der Waals surface area contributed by atoms with Gasteiger partial charge in [-0.2, -0.15) is 0 Å². The van der Waals surface area contributed by atoms with E-state index in [1.165, 1.54) is 51.0 Å². The van der Waals surface area contributed by atoms with Crippen LogP contribution in [-0.2, 0) is 12.8 Å². The minimum Gasteiger partial charge on any atom is -0.205 e. The Kier molecular flexibility index (Phi) is 7.06. The summed E-state index contributed by atoms with van der Waals surface area (Å²) in [6.07, 6.45) is 12.2. The average Bonchev–Trinajstić information content (AvgIpc) is 2.79. The SMILES string of the molecule is CCCCC1CCC(C2CCc3c(ccc(C#Cc4ccc(F)c(F)c4)c3F)C2)CC1. The standard InChI is InChI=1S/C28H31F3/c1-2-3-4-19-5-9-21(10-6-19)23-14-15-25-24(18-23)13-12-22(28(25)31)11-7-20-8-16-26(29)27(30)17-20/h8,12-13,16-17,19,21,23H,2-6,9-10,14-15,18H2,1H3. The van der Waals surface area contributed by atoms with E-state index >= 15 is 4.39 Å². The summed E-state index contributed by atoms with van der Waals surface area (Å²) in [5.74, 6) is 5.84. The molecule has 0 spiro atoms. The molecule has 0 N–H and O–H groups in total. The van der Waals surface area contributed by atoms with Crippen LogP contribution in [-0.4, -0.2) is 0 Å². The molecule has 2 aromatic rings. The molecular weight excluding hydrogens is 393 g/mol. The Morgan fingerprint density at radius 2 is 1.68 bits per heavy atom. The molecule has 3 heteroatoms. The van der Waals surface area contributed by atoms with E-state index in [2.05, 4.69) is 18.8 Å². The lowest BCUT2D eigenvalue weighted by atomic mass is 9.69. The molecule has 0 heterocycles. The van der Waals surface area contributed by atoms with Gasteiger partial charge in [0.15, 0.2) is 11.6 Å². The topological polar surface area (TPSA) is 0 Å². The zero-order chi connectivity index (χ0) is 21.8. The van der Waals surface area contributed by atoms with Crippen LogP contribution in [0.5, 0.6) is 0 Å². The second-order valence-corrected chi connectivity index (χ2v) is 9.37. The Labute approximate surface area is 184 Å². The lowest BCUT2D eigenvalue weighted by molar-refractivity contribution is 0.182. The molecule has 31 heavy (non-hydrogen) atoms. The molecule has 1 unspecified atom stereocenters. The van der Waals surface area contributed by atoms with Crippen molar-refractivity contribution >= 4 is 0 Å². The second-order valence-electron chi connectivity index (χ2n) is 9.37. The van der Waals surface area contributed by atoms with Crippen LogP contribution in [0.25, 0.3) is 0 Å². The summed E-state index contributed by atoms with van der Waals surface area (Å²) in [6.45, 7) is 2.27. The molecule has 2 aliphatic rings. The Hall–Kier alpha value is -2.21. The Morgan fingerprint density at radius 1 is 0.871 bits per heavy atom. The maximum atomic E-state index is 15.1. The normalized spacial score (nSPS) is 23.0. The summed E-state index contributed by atoms with van der Waals surface area (Å²) in [6, 6.07) is 7.25. The fourth-order valence-corrected chi connectivity index (χ4v) is 5.49. The molecule has 0 saturated heterocycles. The number of hydrogen-bond donors (Lipinski definition) is 0. The van der Waals surface area contributed by atoms with E-state index < -0.39 is 11.6 Å². The van der Waals surface area contributed by atoms with E-state index in [1.807, 2.05) is 6.07 Å². The molecule has 1 fully saturated rings. The third kappa shape index (κ3) is 5.17. The van der Waals surface area contributed by atoms with Gasteiger partial charge in [-0.05, 0) is 85.3 Å². The highest BCUT2D eigenvalue weighted by Crippen LogP contribution is 2.41. The molecule has 164 valence electrons. The van der Waals surface area contributed by atoms with E-state index in [9.17, 15) is 8.78 Å². The van der Waals surface area contributed by atoms with Crippen molar-refractivity contribution in [3.05, 3.63) is 70.0 Å². The van der Waals surface area contributed by atoms with Gasteiger partial charge in [0.1, 0.15) is 5.82 Å². The molecule has 0 amide bonds. The van der Waals surface area contributed by atoms with Crippen LogP contribution in [0.1, 0.15) is 80.5 Å². The second kappa shape index (κ2) is 9.94. The van der Waals surface area contributed by atoms with Crippen molar-refractivity contribution in [3.63, 3.8) is 0 Å². The predicted octanol–water partition coefficient (Wildman–Crippen LogP) is 7.61. The molecule has 0 radical (unpaired) electrons. The first kappa shape index (κ1) is 22.0. The number of hydrogen-bond acceptors (Lipinski definition) is 0. The van der Waals surface area contributed by atoms with Crippen LogP contribution in [0, 0.1) is 47.0 Å². The van der Waals surface area contributed by atoms with Crippen molar-refractivity contribution in [2.45, 2.75) is 71.1 Å². The third-order valence-corrected chi connectivity index (χ3v) is 7.37. The molecule has 0 aliphatic heterocycles. The van der Waals surface area contributed by atoms with Gasteiger partial charge < -0.3 is 0 Å². The summed E-state index contributed by atoms with van der Waals surface area (Å²) in [5, 5.41) is 0. The van der Waals surface area contributed by atoms with Crippen molar-refractivity contribution in [2.75, 3.05) is 0 Å². The zero-order valence-corrected chi connectivity index (χ0v) is 18.3. The molecule has 1 saturated carbocycles. The van der Waals surface area contributed by atoms with Crippen LogP contribution < -0.4 is 0 Å². The fourth-order valence-electron chi connectivity index (χ4n) is 5.49. The molecule has 0 nitrogen and oxygen atoms in total. The molecule has 4 rings (SSSR count). The van der Waals surface area contributed by atoms with E-state index in [1.54, 1.807) is 6.07 Å².